The molecule has 3 N–H and O–H groups in total. The summed E-state index contributed by atoms with van der Waals surface area (Å²) in [4.78, 5) is 15.3. The van der Waals surface area contributed by atoms with Gasteiger partial charge in [0.2, 0.25) is 0 Å². The van der Waals surface area contributed by atoms with Crippen molar-refractivity contribution in [2.75, 3.05) is 45.1 Å². The zero-order chi connectivity index (χ0) is 19.5. The number of piperidine rings is 1. The minimum atomic E-state index is -0.123. The molecule has 7 heteroatoms. The highest BCUT2D eigenvalue weighted by Crippen LogP contribution is 2.38. The standard InChI is InChI=1S/C21H30ClN3O3/c22-18-11-17(20-16(19(18)23)4-2-10-28-20)21(26)24-12-14-5-7-25(8-6-14)13-15-3-1-9-27-15/h11,14-15H,1-10,12-13,23H2,(H,24,26)/t15-/m0/s1. The lowest BCUT2D eigenvalue weighted by atomic mass is 9.96. The summed E-state index contributed by atoms with van der Waals surface area (Å²) >= 11 is 6.25. The molecule has 3 aliphatic rings. The summed E-state index contributed by atoms with van der Waals surface area (Å²) < 4.78 is 11.5. The van der Waals surface area contributed by atoms with E-state index in [0.29, 0.717) is 47.2 Å². The number of benzene rings is 1. The lowest BCUT2D eigenvalue weighted by Crippen LogP contribution is -2.41. The Bertz CT molecular complexity index is 713. The molecule has 6 nitrogen and oxygen atoms in total. The van der Waals surface area contributed by atoms with E-state index < -0.39 is 0 Å². The van der Waals surface area contributed by atoms with Gasteiger partial charge in [-0.3, -0.25) is 4.79 Å². The van der Waals surface area contributed by atoms with E-state index in [9.17, 15) is 4.79 Å². The second-order valence-corrected chi connectivity index (χ2v) is 8.58. The van der Waals surface area contributed by atoms with Gasteiger partial charge in [0, 0.05) is 25.3 Å². The number of nitrogens with two attached hydrogens (primary N) is 1. The number of rotatable bonds is 5. The van der Waals surface area contributed by atoms with Crippen LogP contribution in [-0.4, -0.2) is 56.3 Å². The predicted molar refractivity (Wildman–Crippen MR) is 110 cm³/mol. The van der Waals surface area contributed by atoms with Crippen LogP contribution in [0.1, 0.15) is 48.0 Å². The Morgan fingerprint density at radius 3 is 2.82 bits per heavy atom. The van der Waals surface area contributed by atoms with Gasteiger partial charge in [-0.2, -0.15) is 0 Å². The number of nitrogen functional groups attached to an aromatic ring is 1. The Balaban J connectivity index is 1.30. The summed E-state index contributed by atoms with van der Waals surface area (Å²) in [6.07, 6.45) is 6.68. The van der Waals surface area contributed by atoms with Crippen LogP contribution in [0.5, 0.6) is 5.75 Å². The molecule has 154 valence electrons. The van der Waals surface area contributed by atoms with Gasteiger partial charge in [0.25, 0.3) is 5.91 Å². The number of carbonyl (C=O) groups excluding carboxylic acids is 1. The van der Waals surface area contributed by atoms with Crippen LogP contribution >= 0.6 is 11.6 Å². The maximum absolute atomic E-state index is 12.8. The Labute approximate surface area is 171 Å². The second-order valence-electron chi connectivity index (χ2n) is 8.17. The first kappa shape index (κ1) is 19.8. The number of nitrogens with zero attached hydrogens (tertiary/aromatic N) is 1. The average Bonchev–Trinajstić information content (AvgIpc) is 3.23. The van der Waals surface area contributed by atoms with Gasteiger partial charge in [-0.15, -0.1) is 0 Å². The number of carbonyl (C=O) groups is 1. The van der Waals surface area contributed by atoms with E-state index in [1.165, 1.54) is 12.8 Å². The van der Waals surface area contributed by atoms with Crippen molar-refractivity contribution in [2.24, 2.45) is 5.92 Å². The van der Waals surface area contributed by atoms with Gasteiger partial charge in [0.15, 0.2) is 0 Å². The first-order valence-corrected chi connectivity index (χ1v) is 10.9. The molecular formula is C21H30ClN3O3. The van der Waals surface area contributed by atoms with E-state index in [2.05, 4.69) is 10.2 Å². The van der Waals surface area contributed by atoms with Gasteiger partial charge in [-0.05, 0) is 63.6 Å². The lowest BCUT2D eigenvalue weighted by Gasteiger charge is -2.33. The van der Waals surface area contributed by atoms with Crippen molar-refractivity contribution in [1.82, 2.24) is 10.2 Å². The number of amides is 1. The lowest BCUT2D eigenvalue weighted by molar-refractivity contribution is 0.0595. The van der Waals surface area contributed by atoms with Crippen LogP contribution in [0.3, 0.4) is 0 Å². The Morgan fingerprint density at radius 2 is 2.07 bits per heavy atom. The molecule has 2 fully saturated rings. The molecule has 3 heterocycles. The monoisotopic (exact) mass is 407 g/mol. The molecule has 28 heavy (non-hydrogen) atoms. The number of nitrogens with one attached hydrogen (secondary N) is 1. The van der Waals surface area contributed by atoms with Crippen LogP contribution in [0.15, 0.2) is 6.07 Å². The summed E-state index contributed by atoms with van der Waals surface area (Å²) in [6, 6.07) is 1.64. The van der Waals surface area contributed by atoms with Gasteiger partial charge in [0.1, 0.15) is 5.75 Å². The van der Waals surface area contributed by atoms with Crippen LogP contribution in [0.4, 0.5) is 5.69 Å². The van der Waals surface area contributed by atoms with Crippen LogP contribution in [0.2, 0.25) is 5.02 Å². The number of anilines is 1. The first-order chi connectivity index (χ1) is 13.6. The fraction of sp³-hybridized carbons (Fsp3) is 0.667. The molecule has 0 aromatic heterocycles. The minimum Gasteiger partial charge on any atom is -0.492 e. The molecule has 0 spiro atoms. The van der Waals surface area contributed by atoms with E-state index in [0.717, 1.165) is 57.5 Å². The molecule has 1 aromatic rings. The summed E-state index contributed by atoms with van der Waals surface area (Å²) in [6.45, 7) is 5.41. The Morgan fingerprint density at radius 1 is 1.25 bits per heavy atom. The Hall–Kier alpha value is -1.50. The predicted octanol–water partition coefficient (Wildman–Crippen LogP) is 2.87. The van der Waals surface area contributed by atoms with Crippen molar-refractivity contribution in [3.8, 4) is 5.75 Å². The average molecular weight is 408 g/mol. The quantitative estimate of drug-likeness (QED) is 0.734. The highest BCUT2D eigenvalue weighted by atomic mass is 35.5. The van der Waals surface area contributed by atoms with Crippen molar-refractivity contribution < 1.29 is 14.3 Å². The molecule has 1 amide bonds. The zero-order valence-corrected chi connectivity index (χ0v) is 17.1. The smallest absolute Gasteiger partial charge is 0.255 e. The molecular weight excluding hydrogens is 378 g/mol. The third-order valence-corrected chi connectivity index (χ3v) is 6.49. The summed E-state index contributed by atoms with van der Waals surface area (Å²) in [5.41, 5.74) is 7.98. The zero-order valence-electron chi connectivity index (χ0n) is 16.3. The van der Waals surface area contributed by atoms with E-state index in [1.807, 2.05) is 0 Å². The highest BCUT2D eigenvalue weighted by molar-refractivity contribution is 6.33. The third-order valence-electron chi connectivity index (χ3n) is 6.18. The van der Waals surface area contributed by atoms with Crippen LogP contribution < -0.4 is 15.8 Å². The van der Waals surface area contributed by atoms with Gasteiger partial charge in [-0.1, -0.05) is 11.6 Å². The van der Waals surface area contributed by atoms with Crippen molar-refractivity contribution in [3.63, 3.8) is 0 Å². The number of halogens is 1. The highest BCUT2D eigenvalue weighted by Gasteiger charge is 2.26. The number of ether oxygens (including phenoxy) is 2. The van der Waals surface area contributed by atoms with E-state index in [4.69, 9.17) is 26.8 Å². The van der Waals surface area contributed by atoms with Gasteiger partial charge < -0.3 is 25.4 Å². The van der Waals surface area contributed by atoms with Crippen molar-refractivity contribution in [3.05, 3.63) is 22.2 Å². The molecule has 1 atom stereocenters. The fourth-order valence-electron chi connectivity index (χ4n) is 4.49. The molecule has 2 saturated heterocycles. The summed E-state index contributed by atoms with van der Waals surface area (Å²) in [5, 5.41) is 3.52. The summed E-state index contributed by atoms with van der Waals surface area (Å²) in [7, 11) is 0. The van der Waals surface area contributed by atoms with E-state index in [-0.39, 0.29) is 5.91 Å². The minimum absolute atomic E-state index is 0.123. The molecule has 0 bridgehead atoms. The second kappa shape index (κ2) is 8.89. The molecule has 1 aromatic carbocycles. The summed E-state index contributed by atoms with van der Waals surface area (Å²) in [5.74, 6) is 0.990. The van der Waals surface area contributed by atoms with Gasteiger partial charge in [0.05, 0.1) is 29.0 Å². The number of fused-ring (bicyclic) bond motifs is 1. The molecule has 4 rings (SSSR count). The van der Waals surface area contributed by atoms with Gasteiger partial charge >= 0.3 is 0 Å². The maximum atomic E-state index is 12.8. The van der Waals surface area contributed by atoms with E-state index in [1.54, 1.807) is 6.07 Å². The van der Waals surface area contributed by atoms with Crippen molar-refractivity contribution in [1.29, 1.82) is 0 Å². The largest absolute Gasteiger partial charge is 0.492 e. The number of likely N-dealkylation sites (tertiary alicyclic amines) is 1. The maximum Gasteiger partial charge on any atom is 0.255 e. The first-order valence-electron chi connectivity index (χ1n) is 10.5. The van der Waals surface area contributed by atoms with Gasteiger partial charge in [-0.25, -0.2) is 0 Å². The van der Waals surface area contributed by atoms with Crippen molar-refractivity contribution >= 4 is 23.2 Å². The molecule has 0 aliphatic carbocycles. The number of hydrogen-bond acceptors (Lipinski definition) is 5. The molecule has 0 saturated carbocycles. The van der Waals surface area contributed by atoms with Crippen molar-refractivity contribution in [2.45, 2.75) is 44.6 Å². The normalized spacial score (nSPS) is 23.2. The van der Waals surface area contributed by atoms with E-state index >= 15 is 0 Å². The van der Waals surface area contributed by atoms with Crippen LogP contribution in [0, 0.1) is 5.92 Å². The Kier molecular flexibility index (Phi) is 6.28. The SMILES string of the molecule is Nc1c(Cl)cc(C(=O)NCC2CCN(C[C@@H]3CCCO3)CC2)c2c1CCCO2. The molecule has 0 unspecified atom stereocenters. The molecule has 3 aliphatic heterocycles. The number of hydrogen-bond donors (Lipinski definition) is 2. The topological polar surface area (TPSA) is 76.8 Å². The third kappa shape index (κ3) is 4.39. The fourth-order valence-corrected chi connectivity index (χ4v) is 4.71. The van der Waals surface area contributed by atoms with Crippen LogP contribution in [-0.2, 0) is 11.2 Å². The molecule has 0 radical (unpaired) electrons. The van der Waals surface area contributed by atoms with Crippen LogP contribution in [0.25, 0.3) is 0 Å².